The van der Waals surface area contributed by atoms with Crippen molar-refractivity contribution < 1.29 is 9.90 Å². The average Bonchev–Trinajstić information content (AvgIpc) is 3.02. The molecule has 1 atom stereocenters. The fourth-order valence-corrected chi connectivity index (χ4v) is 2.01. The van der Waals surface area contributed by atoms with Crippen LogP contribution in [0.3, 0.4) is 0 Å². The number of amides is 1. The van der Waals surface area contributed by atoms with Crippen LogP contribution in [-0.4, -0.2) is 39.7 Å². The summed E-state index contributed by atoms with van der Waals surface area (Å²) >= 11 is 0. The van der Waals surface area contributed by atoms with Crippen molar-refractivity contribution in [3.63, 3.8) is 0 Å². The summed E-state index contributed by atoms with van der Waals surface area (Å²) in [4.78, 5) is 21.3. The number of carbonyl (C=O) groups is 1. The third kappa shape index (κ3) is 2.21. The molecule has 0 aromatic carbocycles. The fraction of sp³-hybridized carbons (Fsp3) is 0.545. The molecule has 0 unspecified atom stereocenters. The van der Waals surface area contributed by atoms with E-state index in [0.29, 0.717) is 17.7 Å². The summed E-state index contributed by atoms with van der Waals surface area (Å²) in [6, 6.07) is 2.15. The molecule has 1 aromatic heterocycles. The van der Waals surface area contributed by atoms with E-state index in [4.69, 9.17) is 5.73 Å². The fourth-order valence-electron chi connectivity index (χ4n) is 2.01. The number of nitrogens with two attached hydrogens (primary N) is 1. The van der Waals surface area contributed by atoms with Crippen LogP contribution in [0.25, 0.3) is 0 Å². The topological polar surface area (TPSA) is 104 Å². The molecule has 1 aromatic rings. The van der Waals surface area contributed by atoms with Crippen LogP contribution in [-0.2, 0) is 4.79 Å². The highest BCUT2D eigenvalue weighted by atomic mass is 16.3. The highest BCUT2D eigenvalue weighted by molar-refractivity contribution is 5.95. The first-order valence-electron chi connectivity index (χ1n) is 6.01. The van der Waals surface area contributed by atoms with Gasteiger partial charge in [-0.2, -0.15) is 9.97 Å². The monoisotopic (exact) mass is 249 g/mol. The maximum Gasteiger partial charge on any atom is 0.230 e. The first kappa shape index (κ1) is 11.2. The van der Waals surface area contributed by atoms with E-state index in [1.165, 1.54) is 4.90 Å². The molecular formula is C11H15N5O2. The number of carbonyl (C=O) groups excluding carboxylic acids is 1. The lowest BCUT2D eigenvalue weighted by molar-refractivity contribution is -0.117. The maximum atomic E-state index is 11.7. The van der Waals surface area contributed by atoms with Crippen molar-refractivity contribution in [2.75, 3.05) is 22.5 Å². The van der Waals surface area contributed by atoms with E-state index in [-0.39, 0.29) is 24.8 Å². The van der Waals surface area contributed by atoms with E-state index >= 15 is 0 Å². The first-order chi connectivity index (χ1) is 8.61. The van der Waals surface area contributed by atoms with Gasteiger partial charge in [0.25, 0.3) is 0 Å². The number of nitrogens with zero attached hydrogens (tertiary/aromatic N) is 3. The number of aromatic nitrogens is 2. The minimum Gasteiger partial charge on any atom is -0.391 e. The van der Waals surface area contributed by atoms with E-state index in [2.05, 4.69) is 15.3 Å². The van der Waals surface area contributed by atoms with E-state index in [0.717, 1.165) is 12.8 Å². The van der Waals surface area contributed by atoms with Crippen molar-refractivity contribution in [2.24, 2.45) is 0 Å². The minimum absolute atomic E-state index is 0.129. The normalized spacial score (nSPS) is 23.5. The lowest BCUT2D eigenvalue weighted by atomic mass is 10.3. The predicted octanol–water partition coefficient (Wildman–Crippen LogP) is -0.269. The largest absolute Gasteiger partial charge is 0.391 e. The van der Waals surface area contributed by atoms with Gasteiger partial charge >= 0.3 is 0 Å². The van der Waals surface area contributed by atoms with Crippen LogP contribution in [0.1, 0.15) is 19.3 Å². The summed E-state index contributed by atoms with van der Waals surface area (Å²) < 4.78 is 0. The number of hydrogen-bond acceptors (Lipinski definition) is 6. The number of rotatable bonds is 3. The lowest BCUT2D eigenvalue weighted by Crippen LogP contribution is -2.27. The third-order valence-electron chi connectivity index (χ3n) is 3.04. The highest BCUT2D eigenvalue weighted by Gasteiger charge is 2.31. The van der Waals surface area contributed by atoms with Crippen LogP contribution in [0.2, 0.25) is 0 Å². The Hall–Kier alpha value is -1.89. The van der Waals surface area contributed by atoms with E-state index in [1.54, 1.807) is 6.07 Å². The predicted molar refractivity (Wildman–Crippen MR) is 66.1 cm³/mol. The molecule has 96 valence electrons. The molecule has 18 heavy (non-hydrogen) atoms. The van der Waals surface area contributed by atoms with Gasteiger partial charge in [0.15, 0.2) is 0 Å². The molecular weight excluding hydrogens is 234 g/mol. The van der Waals surface area contributed by atoms with Gasteiger partial charge in [-0.3, -0.25) is 9.69 Å². The maximum absolute atomic E-state index is 11.7. The van der Waals surface area contributed by atoms with Crippen molar-refractivity contribution >= 4 is 23.5 Å². The van der Waals surface area contributed by atoms with Crippen molar-refractivity contribution in [1.82, 2.24) is 9.97 Å². The molecule has 1 amide bonds. The molecule has 1 saturated carbocycles. The lowest BCUT2D eigenvalue weighted by Gasteiger charge is -2.16. The molecule has 2 aliphatic rings. The average molecular weight is 249 g/mol. The molecule has 0 radical (unpaired) electrons. The molecule has 1 saturated heterocycles. The van der Waals surface area contributed by atoms with Crippen LogP contribution in [0.5, 0.6) is 0 Å². The van der Waals surface area contributed by atoms with Gasteiger partial charge in [0.1, 0.15) is 11.6 Å². The van der Waals surface area contributed by atoms with Crippen molar-refractivity contribution in [3.8, 4) is 0 Å². The Balaban J connectivity index is 1.86. The summed E-state index contributed by atoms with van der Waals surface area (Å²) in [7, 11) is 0. The van der Waals surface area contributed by atoms with Gasteiger partial charge in [0.05, 0.1) is 19.1 Å². The molecule has 2 heterocycles. The van der Waals surface area contributed by atoms with Gasteiger partial charge in [0, 0.05) is 12.1 Å². The van der Waals surface area contributed by atoms with Gasteiger partial charge < -0.3 is 16.2 Å². The summed E-state index contributed by atoms with van der Waals surface area (Å²) in [6.07, 6.45) is 1.75. The second-order valence-electron chi connectivity index (χ2n) is 4.75. The Morgan fingerprint density at radius 3 is 2.83 bits per heavy atom. The number of β-amino-alcohol motifs (C(OH)–C–C–N with tert-alkyl or cyclic N) is 1. The van der Waals surface area contributed by atoms with Crippen LogP contribution < -0.4 is 16.0 Å². The summed E-state index contributed by atoms with van der Waals surface area (Å²) in [5.74, 6) is 1.07. The Kier molecular flexibility index (Phi) is 2.55. The minimum atomic E-state index is -0.631. The van der Waals surface area contributed by atoms with Gasteiger partial charge in [-0.15, -0.1) is 0 Å². The van der Waals surface area contributed by atoms with Gasteiger partial charge in [-0.25, -0.2) is 0 Å². The summed E-state index contributed by atoms with van der Waals surface area (Å²) in [5.41, 5.74) is 5.64. The van der Waals surface area contributed by atoms with Crippen molar-refractivity contribution in [2.45, 2.75) is 31.4 Å². The van der Waals surface area contributed by atoms with Crippen LogP contribution in [0, 0.1) is 0 Å². The molecule has 0 spiro atoms. The van der Waals surface area contributed by atoms with E-state index in [1.807, 2.05) is 0 Å². The smallest absolute Gasteiger partial charge is 0.230 e. The number of nitrogens with one attached hydrogen (secondary N) is 1. The summed E-state index contributed by atoms with van der Waals surface area (Å²) in [6.45, 7) is 0.262. The first-order valence-corrected chi connectivity index (χ1v) is 6.01. The van der Waals surface area contributed by atoms with Gasteiger partial charge in [0.2, 0.25) is 11.9 Å². The molecule has 4 N–H and O–H groups in total. The Bertz CT molecular complexity index is 488. The number of aliphatic hydroxyl groups is 1. The van der Waals surface area contributed by atoms with E-state index in [9.17, 15) is 9.90 Å². The Labute approximate surface area is 104 Å². The second-order valence-corrected chi connectivity index (χ2v) is 4.75. The standard InChI is InChI=1S/C11H15N5O2/c12-11-14-8(13-6-1-2-6)4-9(15-11)16-5-7(17)3-10(16)18/h4,6-7,17H,1-3,5H2,(H3,12,13,14,15)/t7-/m1/s1. The Morgan fingerprint density at radius 2 is 2.22 bits per heavy atom. The molecule has 7 nitrogen and oxygen atoms in total. The molecule has 1 aliphatic carbocycles. The molecule has 0 bridgehead atoms. The van der Waals surface area contributed by atoms with Crippen molar-refractivity contribution in [3.05, 3.63) is 6.07 Å². The summed E-state index contributed by atoms with van der Waals surface area (Å²) in [5, 5.41) is 12.7. The molecule has 1 aliphatic heterocycles. The van der Waals surface area contributed by atoms with Crippen LogP contribution >= 0.6 is 0 Å². The van der Waals surface area contributed by atoms with Gasteiger partial charge in [-0.05, 0) is 12.8 Å². The number of aliphatic hydroxyl groups excluding tert-OH is 1. The molecule has 3 rings (SSSR count). The van der Waals surface area contributed by atoms with Gasteiger partial charge in [-0.1, -0.05) is 0 Å². The van der Waals surface area contributed by atoms with Crippen LogP contribution in [0.4, 0.5) is 17.6 Å². The number of nitrogen functional groups attached to an aromatic ring is 1. The van der Waals surface area contributed by atoms with Crippen LogP contribution in [0.15, 0.2) is 6.07 Å². The zero-order valence-electron chi connectivity index (χ0n) is 9.83. The molecule has 2 fully saturated rings. The second kappa shape index (κ2) is 4.09. The quantitative estimate of drug-likeness (QED) is 0.681. The zero-order chi connectivity index (χ0) is 12.7. The number of anilines is 3. The number of hydrogen-bond donors (Lipinski definition) is 3. The van der Waals surface area contributed by atoms with E-state index < -0.39 is 6.10 Å². The third-order valence-corrected chi connectivity index (χ3v) is 3.04. The SMILES string of the molecule is Nc1nc(NC2CC2)cc(N2C[C@H](O)CC2=O)n1. The highest BCUT2D eigenvalue weighted by Crippen LogP contribution is 2.27. The molecule has 7 heteroatoms. The Morgan fingerprint density at radius 1 is 1.44 bits per heavy atom. The zero-order valence-corrected chi connectivity index (χ0v) is 9.83. The van der Waals surface area contributed by atoms with Crippen molar-refractivity contribution in [1.29, 1.82) is 0 Å².